The molecule has 2 nitrogen and oxygen atoms in total. The van der Waals surface area contributed by atoms with Crippen LogP contribution in [0.2, 0.25) is 0 Å². The van der Waals surface area contributed by atoms with Gasteiger partial charge in [-0.1, -0.05) is 24.3 Å². The first-order chi connectivity index (χ1) is 8.84. The predicted molar refractivity (Wildman–Crippen MR) is 72.4 cm³/mol. The van der Waals surface area contributed by atoms with E-state index in [0.29, 0.717) is 6.04 Å². The Hall–Kier alpha value is -1.54. The molecule has 1 aromatic heterocycles. The molecule has 0 saturated carbocycles. The molecule has 0 bridgehead atoms. The zero-order chi connectivity index (χ0) is 12.4. The van der Waals surface area contributed by atoms with Crippen LogP contribution in [0.1, 0.15) is 48.7 Å². The molecule has 0 spiro atoms. The topological polar surface area (TPSA) is 25.2 Å². The SMILES string of the molecule is C[C@@H](NC1CCCc2ccccc21)c1ccco1. The van der Waals surface area contributed by atoms with E-state index in [2.05, 4.69) is 36.5 Å². The molecule has 0 amide bonds. The summed E-state index contributed by atoms with van der Waals surface area (Å²) in [6.07, 6.45) is 5.42. The molecule has 1 N–H and O–H groups in total. The van der Waals surface area contributed by atoms with E-state index in [4.69, 9.17) is 4.42 Å². The minimum absolute atomic E-state index is 0.260. The highest BCUT2D eigenvalue weighted by Gasteiger charge is 2.22. The summed E-state index contributed by atoms with van der Waals surface area (Å²) in [5.41, 5.74) is 2.95. The van der Waals surface area contributed by atoms with Crippen molar-refractivity contribution in [2.45, 2.75) is 38.3 Å². The molecular weight excluding hydrogens is 222 g/mol. The van der Waals surface area contributed by atoms with Crippen LogP contribution in [-0.2, 0) is 6.42 Å². The zero-order valence-corrected chi connectivity index (χ0v) is 10.7. The van der Waals surface area contributed by atoms with Gasteiger partial charge in [0, 0.05) is 6.04 Å². The average molecular weight is 241 g/mol. The first kappa shape index (κ1) is 11.5. The molecule has 1 aliphatic rings. The zero-order valence-electron chi connectivity index (χ0n) is 10.7. The van der Waals surface area contributed by atoms with Crippen LogP contribution < -0.4 is 5.32 Å². The number of rotatable bonds is 3. The van der Waals surface area contributed by atoms with Gasteiger partial charge in [-0.15, -0.1) is 0 Å². The predicted octanol–water partition coefficient (Wildman–Crippen LogP) is 4.01. The number of benzene rings is 1. The highest BCUT2D eigenvalue weighted by atomic mass is 16.3. The normalized spacial score (nSPS) is 20.4. The van der Waals surface area contributed by atoms with Crippen LogP contribution in [-0.4, -0.2) is 0 Å². The Labute approximate surface area is 108 Å². The molecule has 1 heterocycles. The molecule has 0 aliphatic heterocycles. The third kappa shape index (κ3) is 2.21. The Morgan fingerprint density at radius 2 is 2.11 bits per heavy atom. The van der Waals surface area contributed by atoms with Gasteiger partial charge in [-0.05, 0) is 49.4 Å². The molecule has 0 saturated heterocycles. The highest BCUT2D eigenvalue weighted by molar-refractivity contribution is 5.32. The van der Waals surface area contributed by atoms with Crippen LogP contribution in [0, 0.1) is 0 Å². The number of hydrogen-bond donors (Lipinski definition) is 1. The first-order valence-electron chi connectivity index (χ1n) is 6.72. The van der Waals surface area contributed by atoms with Gasteiger partial charge in [-0.25, -0.2) is 0 Å². The third-order valence-corrected chi connectivity index (χ3v) is 3.79. The van der Waals surface area contributed by atoms with Gasteiger partial charge in [0.1, 0.15) is 5.76 Å². The van der Waals surface area contributed by atoms with Crippen molar-refractivity contribution in [3.8, 4) is 0 Å². The lowest BCUT2D eigenvalue weighted by Crippen LogP contribution is -2.27. The summed E-state index contributed by atoms with van der Waals surface area (Å²) in [5.74, 6) is 1.01. The summed E-state index contributed by atoms with van der Waals surface area (Å²) in [4.78, 5) is 0. The van der Waals surface area contributed by atoms with Gasteiger partial charge in [0.2, 0.25) is 0 Å². The maximum Gasteiger partial charge on any atom is 0.120 e. The summed E-state index contributed by atoms with van der Waals surface area (Å²) in [6.45, 7) is 2.16. The van der Waals surface area contributed by atoms with E-state index in [1.165, 1.54) is 30.4 Å². The summed E-state index contributed by atoms with van der Waals surface area (Å²) < 4.78 is 5.46. The smallest absolute Gasteiger partial charge is 0.120 e. The monoisotopic (exact) mass is 241 g/mol. The van der Waals surface area contributed by atoms with Crippen molar-refractivity contribution >= 4 is 0 Å². The Kier molecular flexibility index (Phi) is 3.20. The van der Waals surface area contributed by atoms with Gasteiger partial charge >= 0.3 is 0 Å². The van der Waals surface area contributed by atoms with Crippen LogP contribution in [0.15, 0.2) is 47.1 Å². The molecule has 0 fully saturated rings. The molecule has 2 atom stereocenters. The first-order valence-corrected chi connectivity index (χ1v) is 6.72. The lowest BCUT2D eigenvalue weighted by molar-refractivity contribution is 0.367. The second kappa shape index (κ2) is 4.99. The molecule has 2 aromatic rings. The maximum absolute atomic E-state index is 5.46. The molecule has 18 heavy (non-hydrogen) atoms. The molecule has 3 rings (SSSR count). The van der Waals surface area contributed by atoms with Crippen LogP contribution in [0.3, 0.4) is 0 Å². The fraction of sp³-hybridized carbons (Fsp3) is 0.375. The Balaban J connectivity index is 1.78. The van der Waals surface area contributed by atoms with Gasteiger partial charge in [0.25, 0.3) is 0 Å². The van der Waals surface area contributed by atoms with Crippen molar-refractivity contribution in [3.05, 3.63) is 59.5 Å². The van der Waals surface area contributed by atoms with E-state index in [1.807, 2.05) is 12.1 Å². The standard InChI is InChI=1S/C16H19NO/c1-12(16-10-5-11-18-16)17-15-9-4-7-13-6-2-3-8-14(13)15/h2-3,5-6,8,10-12,15,17H,4,7,9H2,1H3/t12-,15?/m1/s1. The Morgan fingerprint density at radius 3 is 2.94 bits per heavy atom. The van der Waals surface area contributed by atoms with Crippen molar-refractivity contribution in [1.82, 2.24) is 5.32 Å². The molecule has 1 aliphatic carbocycles. The second-order valence-electron chi connectivity index (χ2n) is 5.05. The quantitative estimate of drug-likeness (QED) is 0.878. The van der Waals surface area contributed by atoms with Crippen molar-refractivity contribution < 1.29 is 4.42 Å². The Morgan fingerprint density at radius 1 is 1.22 bits per heavy atom. The number of fused-ring (bicyclic) bond motifs is 1. The molecule has 0 radical (unpaired) electrons. The van der Waals surface area contributed by atoms with Crippen molar-refractivity contribution in [2.75, 3.05) is 0 Å². The van der Waals surface area contributed by atoms with Crippen LogP contribution >= 0.6 is 0 Å². The largest absolute Gasteiger partial charge is 0.468 e. The lowest BCUT2D eigenvalue weighted by Gasteiger charge is -2.28. The summed E-state index contributed by atoms with van der Waals surface area (Å²) in [5, 5.41) is 3.68. The summed E-state index contributed by atoms with van der Waals surface area (Å²) in [6, 6.07) is 13.5. The Bertz CT molecular complexity index is 504. The minimum Gasteiger partial charge on any atom is -0.468 e. The summed E-state index contributed by atoms with van der Waals surface area (Å²) in [7, 11) is 0. The number of furan rings is 1. The van der Waals surface area contributed by atoms with Gasteiger partial charge in [0.15, 0.2) is 0 Å². The van der Waals surface area contributed by atoms with E-state index in [9.17, 15) is 0 Å². The highest BCUT2D eigenvalue weighted by Crippen LogP contribution is 2.31. The van der Waals surface area contributed by atoms with E-state index < -0.39 is 0 Å². The average Bonchev–Trinajstić information content (AvgIpc) is 2.93. The van der Waals surface area contributed by atoms with Crippen LogP contribution in [0.25, 0.3) is 0 Å². The second-order valence-corrected chi connectivity index (χ2v) is 5.05. The maximum atomic E-state index is 5.46. The van der Waals surface area contributed by atoms with Crippen molar-refractivity contribution in [1.29, 1.82) is 0 Å². The molecular formula is C16H19NO. The lowest BCUT2D eigenvalue weighted by atomic mass is 9.87. The van der Waals surface area contributed by atoms with E-state index in [-0.39, 0.29) is 6.04 Å². The van der Waals surface area contributed by atoms with Gasteiger partial charge in [-0.3, -0.25) is 0 Å². The van der Waals surface area contributed by atoms with E-state index in [0.717, 1.165) is 5.76 Å². The van der Waals surface area contributed by atoms with Crippen LogP contribution in [0.4, 0.5) is 0 Å². The molecule has 1 aromatic carbocycles. The van der Waals surface area contributed by atoms with Gasteiger partial charge in [0.05, 0.1) is 12.3 Å². The number of aryl methyl sites for hydroxylation is 1. The fourth-order valence-electron chi connectivity index (χ4n) is 2.85. The number of nitrogens with one attached hydrogen (secondary N) is 1. The third-order valence-electron chi connectivity index (χ3n) is 3.79. The van der Waals surface area contributed by atoms with Crippen molar-refractivity contribution in [3.63, 3.8) is 0 Å². The summed E-state index contributed by atoms with van der Waals surface area (Å²) >= 11 is 0. The van der Waals surface area contributed by atoms with E-state index in [1.54, 1.807) is 6.26 Å². The molecule has 2 heteroatoms. The van der Waals surface area contributed by atoms with Gasteiger partial charge in [-0.2, -0.15) is 0 Å². The molecule has 94 valence electrons. The minimum atomic E-state index is 0.260. The van der Waals surface area contributed by atoms with Crippen molar-refractivity contribution in [2.24, 2.45) is 0 Å². The van der Waals surface area contributed by atoms with Crippen LogP contribution in [0.5, 0.6) is 0 Å². The van der Waals surface area contributed by atoms with Gasteiger partial charge < -0.3 is 9.73 Å². The number of hydrogen-bond acceptors (Lipinski definition) is 2. The molecule has 1 unspecified atom stereocenters. The fourth-order valence-corrected chi connectivity index (χ4v) is 2.85. The van der Waals surface area contributed by atoms with E-state index >= 15 is 0 Å².